The summed E-state index contributed by atoms with van der Waals surface area (Å²) in [5.41, 5.74) is 2.38. The van der Waals surface area contributed by atoms with Gasteiger partial charge in [0.05, 0.1) is 6.07 Å². The van der Waals surface area contributed by atoms with Crippen molar-refractivity contribution in [3.63, 3.8) is 0 Å². The maximum atomic E-state index is 11.7. The summed E-state index contributed by atoms with van der Waals surface area (Å²) in [5, 5.41) is 8.68. The van der Waals surface area contributed by atoms with E-state index in [1.807, 2.05) is 30.3 Å². The zero-order valence-corrected chi connectivity index (χ0v) is 8.60. The first kappa shape index (κ1) is 9.72. The Hall–Kier alpha value is -1.82. The molecule has 1 aliphatic rings. The highest BCUT2D eigenvalue weighted by Crippen LogP contribution is 2.23. The van der Waals surface area contributed by atoms with Gasteiger partial charge in [0.15, 0.2) is 0 Å². The summed E-state index contributed by atoms with van der Waals surface area (Å²) < 4.78 is 0. The molecule has 0 radical (unpaired) electrons. The van der Waals surface area contributed by atoms with Crippen LogP contribution in [-0.2, 0) is 17.9 Å². The van der Waals surface area contributed by atoms with Crippen molar-refractivity contribution in [2.75, 3.05) is 0 Å². The van der Waals surface area contributed by atoms with Gasteiger partial charge < -0.3 is 4.90 Å². The van der Waals surface area contributed by atoms with E-state index >= 15 is 0 Å². The highest BCUT2D eigenvalue weighted by Gasteiger charge is 2.26. The minimum absolute atomic E-state index is 0.0753. The summed E-state index contributed by atoms with van der Waals surface area (Å²) in [6, 6.07) is 9.98. The van der Waals surface area contributed by atoms with Crippen LogP contribution in [-0.4, -0.2) is 10.8 Å². The number of nitriles is 1. The second-order valence-electron chi connectivity index (χ2n) is 3.81. The third kappa shape index (κ3) is 1.71. The molecule has 15 heavy (non-hydrogen) atoms. The smallest absolute Gasteiger partial charge is 0.240 e. The summed E-state index contributed by atoms with van der Waals surface area (Å²) in [4.78, 5) is 13.5. The highest BCUT2D eigenvalue weighted by atomic mass is 16.2. The first-order valence-electron chi connectivity index (χ1n) is 4.97. The van der Waals surface area contributed by atoms with Crippen molar-refractivity contribution in [2.24, 2.45) is 5.92 Å². The fraction of sp³-hybridized carbons (Fsp3) is 0.333. The molecule has 76 valence electrons. The van der Waals surface area contributed by atoms with E-state index in [2.05, 4.69) is 0 Å². The van der Waals surface area contributed by atoms with Gasteiger partial charge in [-0.1, -0.05) is 24.3 Å². The van der Waals surface area contributed by atoms with Crippen LogP contribution in [0.25, 0.3) is 0 Å². The van der Waals surface area contributed by atoms with Crippen LogP contribution < -0.4 is 0 Å². The molecular weight excluding hydrogens is 188 g/mol. The topological polar surface area (TPSA) is 44.1 Å². The Morgan fingerprint density at radius 2 is 1.93 bits per heavy atom. The maximum absolute atomic E-state index is 11.7. The minimum Gasteiger partial charge on any atom is -0.333 e. The lowest BCUT2D eigenvalue weighted by Gasteiger charge is -2.16. The van der Waals surface area contributed by atoms with Crippen LogP contribution in [0, 0.1) is 17.2 Å². The quantitative estimate of drug-likeness (QED) is 0.692. The average Bonchev–Trinajstić information content (AvgIpc) is 2.70. The number of benzene rings is 1. The molecule has 1 unspecified atom stereocenters. The van der Waals surface area contributed by atoms with Crippen molar-refractivity contribution in [3.8, 4) is 6.07 Å². The third-order valence-corrected chi connectivity index (χ3v) is 2.72. The van der Waals surface area contributed by atoms with Crippen LogP contribution in [0.2, 0.25) is 0 Å². The van der Waals surface area contributed by atoms with Gasteiger partial charge in [-0.25, -0.2) is 0 Å². The lowest BCUT2D eigenvalue weighted by molar-refractivity contribution is -0.133. The van der Waals surface area contributed by atoms with Gasteiger partial charge in [0, 0.05) is 13.1 Å². The molecule has 3 heteroatoms. The van der Waals surface area contributed by atoms with Gasteiger partial charge in [0.2, 0.25) is 5.91 Å². The lowest BCUT2D eigenvalue weighted by atomic mass is 10.1. The normalized spacial score (nSPS) is 15.6. The third-order valence-electron chi connectivity index (χ3n) is 2.72. The minimum atomic E-state index is -0.542. The van der Waals surface area contributed by atoms with Gasteiger partial charge in [-0.3, -0.25) is 4.79 Å². The van der Waals surface area contributed by atoms with Crippen molar-refractivity contribution in [1.82, 2.24) is 4.90 Å². The predicted octanol–water partition coefficient (Wildman–Crippen LogP) is 1.69. The van der Waals surface area contributed by atoms with E-state index in [0.29, 0.717) is 13.1 Å². The Kier molecular flexibility index (Phi) is 2.42. The van der Waals surface area contributed by atoms with Gasteiger partial charge in [-0.05, 0) is 18.1 Å². The number of rotatable bonds is 1. The molecular formula is C12H12N2O. The first-order valence-corrected chi connectivity index (χ1v) is 4.97. The molecule has 0 saturated heterocycles. The van der Waals surface area contributed by atoms with Crippen molar-refractivity contribution >= 4 is 5.91 Å². The van der Waals surface area contributed by atoms with E-state index in [9.17, 15) is 4.79 Å². The second-order valence-corrected chi connectivity index (χ2v) is 3.81. The van der Waals surface area contributed by atoms with E-state index < -0.39 is 5.92 Å². The summed E-state index contributed by atoms with van der Waals surface area (Å²) in [6.45, 7) is 2.92. The molecule has 3 nitrogen and oxygen atoms in total. The van der Waals surface area contributed by atoms with Crippen molar-refractivity contribution in [2.45, 2.75) is 20.0 Å². The molecule has 1 amide bonds. The highest BCUT2D eigenvalue weighted by molar-refractivity contribution is 5.81. The fourth-order valence-corrected chi connectivity index (χ4v) is 1.82. The molecule has 0 aromatic heterocycles. The van der Waals surface area contributed by atoms with Crippen molar-refractivity contribution in [3.05, 3.63) is 35.4 Å². The fourth-order valence-electron chi connectivity index (χ4n) is 1.82. The molecule has 1 atom stereocenters. The summed E-state index contributed by atoms with van der Waals surface area (Å²) in [5.74, 6) is -0.618. The van der Waals surface area contributed by atoms with E-state index in [1.54, 1.807) is 11.8 Å². The van der Waals surface area contributed by atoms with Crippen molar-refractivity contribution < 1.29 is 4.79 Å². The van der Waals surface area contributed by atoms with Gasteiger partial charge in [0.25, 0.3) is 0 Å². The number of hydrogen-bond donors (Lipinski definition) is 0. The molecule has 1 aromatic carbocycles. The second kappa shape index (κ2) is 3.74. The largest absolute Gasteiger partial charge is 0.333 e. The predicted molar refractivity (Wildman–Crippen MR) is 55.5 cm³/mol. The molecule has 1 aliphatic heterocycles. The van der Waals surface area contributed by atoms with Crippen LogP contribution in [0.15, 0.2) is 24.3 Å². The van der Waals surface area contributed by atoms with Crippen molar-refractivity contribution in [1.29, 1.82) is 5.26 Å². The van der Waals surface area contributed by atoms with Gasteiger partial charge >= 0.3 is 0 Å². The maximum Gasteiger partial charge on any atom is 0.240 e. The number of carbonyl (C=O) groups excluding carboxylic acids is 1. The lowest BCUT2D eigenvalue weighted by Crippen LogP contribution is -2.29. The molecule has 0 N–H and O–H groups in total. The molecule has 1 heterocycles. The summed E-state index contributed by atoms with van der Waals surface area (Å²) in [6.07, 6.45) is 0. The Morgan fingerprint density at radius 1 is 1.40 bits per heavy atom. The van der Waals surface area contributed by atoms with Crippen LogP contribution in [0.3, 0.4) is 0 Å². The molecule has 2 rings (SSSR count). The number of fused-ring (bicyclic) bond motifs is 1. The Bertz CT molecular complexity index is 408. The molecule has 1 aromatic rings. The Morgan fingerprint density at radius 3 is 2.40 bits per heavy atom. The summed E-state index contributed by atoms with van der Waals surface area (Å²) in [7, 11) is 0. The monoisotopic (exact) mass is 200 g/mol. The first-order chi connectivity index (χ1) is 7.22. The molecule has 0 spiro atoms. The zero-order valence-electron chi connectivity index (χ0n) is 8.60. The van der Waals surface area contributed by atoms with Crippen LogP contribution in [0.1, 0.15) is 18.1 Å². The SMILES string of the molecule is CC(C#N)C(=O)N1Cc2ccccc2C1. The number of hydrogen-bond acceptors (Lipinski definition) is 2. The van der Waals surface area contributed by atoms with Gasteiger partial charge in [-0.2, -0.15) is 5.26 Å². The summed E-state index contributed by atoms with van der Waals surface area (Å²) >= 11 is 0. The van der Waals surface area contributed by atoms with E-state index in [1.165, 1.54) is 11.1 Å². The van der Waals surface area contributed by atoms with Crippen LogP contribution >= 0.6 is 0 Å². The standard InChI is InChI=1S/C12H12N2O/c1-9(6-13)12(15)14-7-10-4-2-3-5-11(10)8-14/h2-5,9H,7-8H2,1H3. The Labute approximate surface area is 88.9 Å². The van der Waals surface area contributed by atoms with E-state index in [4.69, 9.17) is 5.26 Å². The Balaban J connectivity index is 2.14. The number of carbonyl (C=O) groups is 1. The molecule has 0 fully saturated rings. The molecule has 0 aliphatic carbocycles. The molecule has 0 bridgehead atoms. The van der Waals surface area contributed by atoms with E-state index in [-0.39, 0.29) is 5.91 Å². The number of nitrogens with zero attached hydrogens (tertiary/aromatic N) is 2. The van der Waals surface area contributed by atoms with Crippen LogP contribution in [0.5, 0.6) is 0 Å². The zero-order chi connectivity index (χ0) is 10.8. The van der Waals surface area contributed by atoms with Crippen LogP contribution in [0.4, 0.5) is 0 Å². The van der Waals surface area contributed by atoms with Gasteiger partial charge in [0.1, 0.15) is 5.92 Å². The average molecular weight is 200 g/mol. The van der Waals surface area contributed by atoms with E-state index in [0.717, 1.165) is 0 Å². The van der Waals surface area contributed by atoms with Gasteiger partial charge in [-0.15, -0.1) is 0 Å². The number of amides is 1. The molecule has 0 saturated carbocycles.